The van der Waals surface area contributed by atoms with E-state index in [1.807, 2.05) is 0 Å². The Bertz CT molecular complexity index is 801. The summed E-state index contributed by atoms with van der Waals surface area (Å²) in [6.07, 6.45) is 51.2. The van der Waals surface area contributed by atoms with Crippen LogP contribution in [0.1, 0.15) is 324 Å². The highest BCUT2D eigenvalue weighted by atomic mass is 16.6. The summed E-state index contributed by atoms with van der Waals surface area (Å²) in [6.45, 7) is 13.7. The van der Waals surface area contributed by atoms with E-state index in [1.54, 1.807) is 0 Å². The Labute approximate surface area is 365 Å². The zero-order chi connectivity index (χ0) is 42.7. The van der Waals surface area contributed by atoms with Crippen LogP contribution in [-0.4, -0.2) is 23.1 Å². The van der Waals surface area contributed by atoms with Gasteiger partial charge in [-0.1, -0.05) is 221 Å². The van der Waals surface area contributed by atoms with Gasteiger partial charge in [-0.25, -0.2) is 0 Å². The maximum Gasteiger partial charge on any atom is 0.306 e. The smallest absolute Gasteiger partial charge is 0.306 e. The van der Waals surface area contributed by atoms with Gasteiger partial charge in [-0.3, -0.25) is 9.59 Å². The molecule has 0 aromatic rings. The molecule has 346 valence electrons. The number of esters is 2. The minimum atomic E-state index is -0.318. The van der Waals surface area contributed by atoms with Gasteiger partial charge in [0, 0.05) is 12.8 Å². The third-order valence-corrected chi connectivity index (χ3v) is 13.1. The number of hydrogen-bond donors (Lipinski definition) is 0. The van der Waals surface area contributed by atoms with Gasteiger partial charge in [0.05, 0.1) is 0 Å². The molecule has 2 unspecified atom stereocenters. The Balaban J connectivity index is 5.56. The first kappa shape index (κ1) is 56.9. The highest BCUT2D eigenvalue weighted by Crippen LogP contribution is 2.35. The maximum atomic E-state index is 13.7. The number of carbonyl (C=O) groups is 2. The minimum Gasteiger partial charge on any atom is -0.459 e. The molecule has 58 heavy (non-hydrogen) atoms. The lowest BCUT2D eigenvalue weighted by Gasteiger charge is -2.35. The fourth-order valence-electron chi connectivity index (χ4n) is 9.19. The second-order valence-electron chi connectivity index (χ2n) is 18.9. The Kier molecular flexibility index (Phi) is 41.8. The van der Waals surface area contributed by atoms with Gasteiger partial charge in [-0.05, 0) is 89.9 Å². The van der Waals surface area contributed by atoms with Crippen molar-refractivity contribution in [3.8, 4) is 0 Å². The molecule has 4 heteroatoms. The third kappa shape index (κ3) is 34.6. The second kappa shape index (κ2) is 42.6. The lowest BCUT2D eigenvalue weighted by atomic mass is 9.84. The van der Waals surface area contributed by atoms with Crippen LogP contribution in [0.25, 0.3) is 0 Å². The molecule has 0 amide bonds. The van der Waals surface area contributed by atoms with E-state index in [4.69, 9.17) is 9.47 Å². The van der Waals surface area contributed by atoms with Crippen LogP contribution in [-0.2, 0) is 19.1 Å². The van der Waals surface area contributed by atoms with Gasteiger partial charge in [-0.15, -0.1) is 0 Å². The molecule has 0 N–H and O–H groups in total. The zero-order valence-electron chi connectivity index (χ0n) is 40.7. The number of rotatable bonds is 47. The molecule has 0 saturated carbocycles. The van der Waals surface area contributed by atoms with Crippen molar-refractivity contribution in [1.29, 1.82) is 0 Å². The molecule has 0 aliphatic carbocycles. The molecule has 0 radical (unpaired) electrons. The summed E-state index contributed by atoms with van der Waals surface area (Å²) >= 11 is 0. The molecule has 0 aromatic heterocycles. The molecule has 2 atom stereocenters. The molecular formula is C54H106O4. The van der Waals surface area contributed by atoms with Gasteiger partial charge in [0.2, 0.25) is 0 Å². The normalized spacial score (nSPS) is 13.7. The third-order valence-electron chi connectivity index (χ3n) is 13.1. The van der Waals surface area contributed by atoms with Gasteiger partial charge < -0.3 is 9.47 Å². The summed E-state index contributed by atoms with van der Waals surface area (Å²) in [4.78, 5) is 27.4. The van der Waals surface area contributed by atoms with Crippen LogP contribution in [0.4, 0.5) is 0 Å². The Morgan fingerprint density at radius 2 is 0.431 bits per heavy atom. The van der Waals surface area contributed by atoms with Crippen LogP contribution in [0.2, 0.25) is 0 Å². The fourth-order valence-corrected chi connectivity index (χ4v) is 9.19. The Morgan fingerprint density at radius 3 is 0.638 bits per heavy atom. The van der Waals surface area contributed by atoms with Crippen LogP contribution in [0.15, 0.2) is 0 Å². The van der Waals surface area contributed by atoms with E-state index < -0.39 is 0 Å². The fraction of sp³-hybridized carbons (Fsp3) is 0.963. The van der Waals surface area contributed by atoms with Crippen LogP contribution in [0.5, 0.6) is 0 Å². The van der Waals surface area contributed by atoms with Crippen molar-refractivity contribution in [3.05, 3.63) is 0 Å². The van der Waals surface area contributed by atoms with Crippen molar-refractivity contribution < 1.29 is 19.1 Å². The summed E-state index contributed by atoms with van der Waals surface area (Å²) in [5.74, 6) is -0.0739. The highest BCUT2D eigenvalue weighted by molar-refractivity contribution is 5.71. The predicted molar refractivity (Wildman–Crippen MR) is 255 cm³/mol. The first-order valence-electron chi connectivity index (χ1n) is 26.8. The van der Waals surface area contributed by atoms with Crippen LogP contribution >= 0.6 is 0 Å². The molecule has 0 bridgehead atoms. The van der Waals surface area contributed by atoms with Crippen molar-refractivity contribution in [2.45, 2.75) is 335 Å². The second-order valence-corrected chi connectivity index (χ2v) is 18.9. The van der Waals surface area contributed by atoms with Gasteiger partial charge >= 0.3 is 11.9 Å². The summed E-state index contributed by atoms with van der Waals surface area (Å²) < 4.78 is 13.3. The SMILES string of the molecule is CCCCCCCCCC(CCCCCC)(CCCCCCCC)OC(=O)CCCCC(=O)OC(CCCCCC)(CCCCCCCC)CCCCCCCCC. The van der Waals surface area contributed by atoms with Gasteiger partial charge in [0.25, 0.3) is 0 Å². The quantitative estimate of drug-likeness (QED) is 0.0453. The highest BCUT2D eigenvalue weighted by Gasteiger charge is 2.34. The first-order valence-corrected chi connectivity index (χ1v) is 26.8. The topological polar surface area (TPSA) is 52.6 Å². The van der Waals surface area contributed by atoms with Crippen molar-refractivity contribution in [2.24, 2.45) is 0 Å². The van der Waals surface area contributed by atoms with Crippen LogP contribution in [0, 0.1) is 0 Å². The molecule has 0 spiro atoms. The number of carbonyl (C=O) groups excluding carboxylic acids is 2. The van der Waals surface area contributed by atoms with E-state index in [0.717, 1.165) is 77.0 Å². The molecule has 0 saturated heterocycles. The average molecular weight is 819 g/mol. The van der Waals surface area contributed by atoms with Gasteiger partial charge in [0.15, 0.2) is 0 Å². The van der Waals surface area contributed by atoms with E-state index in [-0.39, 0.29) is 23.1 Å². The van der Waals surface area contributed by atoms with Crippen molar-refractivity contribution in [1.82, 2.24) is 0 Å². The van der Waals surface area contributed by atoms with E-state index in [2.05, 4.69) is 41.5 Å². The van der Waals surface area contributed by atoms with E-state index in [1.165, 1.54) is 180 Å². The largest absolute Gasteiger partial charge is 0.459 e. The van der Waals surface area contributed by atoms with Gasteiger partial charge in [-0.2, -0.15) is 0 Å². The first-order chi connectivity index (χ1) is 28.4. The van der Waals surface area contributed by atoms with E-state index in [0.29, 0.717) is 25.7 Å². The summed E-state index contributed by atoms with van der Waals surface area (Å²) in [5, 5.41) is 0. The summed E-state index contributed by atoms with van der Waals surface area (Å²) in [6, 6.07) is 0. The number of unbranched alkanes of at least 4 members (excludes halogenated alkanes) is 29. The van der Waals surface area contributed by atoms with Crippen molar-refractivity contribution >= 4 is 11.9 Å². The lowest BCUT2D eigenvalue weighted by molar-refractivity contribution is -0.165. The predicted octanol–water partition coefficient (Wildman–Crippen LogP) is 18.8. The molecule has 0 aromatic carbocycles. The number of ether oxygens (including phenoxy) is 2. The lowest BCUT2D eigenvalue weighted by Crippen LogP contribution is -2.36. The van der Waals surface area contributed by atoms with E-state index in [9.17, 15) is 9.59 Å². The number of hydrogen-bond acceptors (Lipinski definition) is 4. The summed E-state index contributed by atoms with van der Waals surface area (Å²) in [7, 11) is 0. The maximum absolute atomic E-state index is 13.7. The minimum absolute atomic E-state index is 0.0370. The molecule has 0 aliphatic rings. The summed E-state index contributed by atoms with van der Waals surface area (Å²) in [5.41, 5.74) is -0.635. The van der Waals surface area contributed by atoms with E-state index >= 15 is 0 Å². The molecule has 0 fully saturated rings. The molecule has 0 aliphatic heterocycles. The Hall–Kier alpha value is -1.06. The molecule has 0 rings (SSSR count). The monoisotopic (exact) mass is 819 g/mol. The molecule has 0 heterocycles. The van der Waals surface area contributed by atoms with Gasteiger partial charge in [0.1, 0.15) is 11.2 Å². The zero-order valence-corrected chi connectivity index (χ0v) is 40.7. The molecular weight excluding hydrogens is 713 g/mol. The Morgan fingerprint density at radius 1 is 0.259 bits per heavy atom. The van der Waals surface area contributed by atoms with Crippen LogP contribution in [0.3, 0.4) is 0 Å². The van der Waals surface area contributed by atoms with Crippen molar-refractivity contribution in [3.63, 3.8) is 0 Å². The van der Waals surface area contributed by atoms with Crippen LogP contribution < -0.4 is 0 Å². The molecule has 4 nitrogen and oxygen atoms in total. The standard InChI is InChI=1S/C54H106O4/c1-7-13-19-25-29-33-41-49-53(45-37-23-17-11-5,47-39-31-27-21-15-9-3)57-51(55)43-35-36-44-52(56)58-54(46-38-24-18-12-6,48-40-32-28-22-16-10-4)50-42-34-30-26-20-14-8-2/h7-50H2,1-6H3. The van der Waals surface area contributed by atoms with Crippen molar-refractivity contribution in [2.75, 3.05) is 0 Å². The average Bonchev–Trinajstić information content (AvgIpc) is 3.21.